The summed E-state index contributed by atoms with van der Waals surface area (Å²) >= 11 is 0. The normalized spacial score (nSPS) is 10.5. The summed E-state index contributed by atoms with van der Waals surface area (Å²) in [5.41, 5.74) is 2.32. The van der Waals surface area contributed by atoms with E-state index in [1.54, 1.807) is 0 Å². The average Bonchev–Trinajstić information content (AvgIpc) is 2.18. The van der Waals surface area contributed by atoms with Crippen molar-refractivity contribution in [2.24, 2.45) is 0 Å². The van der Waals surface area contributed by atoms with Gasteiger partial charge in [-0.1, -0.05) is 13.0 Å². The Bertz CT molecular complexity index is 307. The Morgan fingerprint density at radius 1 is 1.33 bits per heavy atom. The van der Waals surface area contributed by atoms with E-state index in [0.29, 0.717) is 6.04 Å². The van der Waals surface area contributed by atoms with Gasteiger partial charge in [-0.15, -0.1) is 0 Å². The van der Waals surface area contributed by atoms with E-state index in [4.69, 9.17) is 4.74 Å². The van der Waals surface area contributed by atoms with E-state index in [-0.39, 0.29) is 0 Å². The average molecular weight is 207 g/mol. The zero-order valence-electron chi connectivity index (χ0n) is 10.1. The van der Waals surface area contributed by atoms with Gasteiger partial charge >= 0.3 is 0 Å². The van der Waals surface area contributed by atoms with Crippen LogP contribution in [0.5, 0.6) is 5.75 Å². The largest absolute Gasteiger partial charge is 0.491 e. The van der Waals surface area contributed by atoms with Crippen molar-refractivity contribution in [3.8, 4) is 5.75 Å². The number of hydrogen-bond donors (Lipinski definition) is 1. The quantitative estimate of drug-likeness (QED) is 0.796. The lowest BCUT2D eigenvalue weighted by molar-refractivity contribution is 0.318. The summed E-state index contributed by atoms with van der Waals surface area (Å²) < 4.78 is 5.71. The van der Waals surface area contributed by atoms with Crippen molar-refractivity contribution < 1.29 is 4.74 Å². The summed E-state index contributed by atoms with van der Waals surface area (Å²) in [6.45, 7) is 9.23. The van der Waals surface area contributed by atoms with Gasteiger partial charge in [-0.2, -0.15) is 0 Å². The molecule has 2 nitrogen and oxygen atoms in total. The Balaban J connectivity index is 2.82. The van der Waals surface area contributed by atoms with E-state index < -0.39 is 0 Å². The number of nitrogens with one attached hydrogen (secondary N) is 1. The molecule has 0 spiro atoms. The van der Waals surface area contributed by atoms with Crippen LogP contribution < -0.4 is 10.1 Å². The number of benzene rings is 1. The number of anilines is 1. The molecule has 0 aliphatic heterocycles. The maximum absolute atomic E-state index is 5.71. The molecule has 0 amide bonds. The smallest absolute Gasteiger partial charge is 0.142 e. The van der Waals surface area contributed by atoms with Gasteiger partial charge in [-0.3, -0.25) is 0 Å². The van der Waals surface area contributed by atoms with Gasteiger partial charge in [-0.25, -0.2) is 0 Å². The van der Waals surface area contributed by atoms with Crippen LogP contribution in [0.25, 0.3) is 0 Å². The van der Waals surface area contributed by atoms with Gasteiger partial charge in [0.1, 0.15) is 5.75 Å². The molecule has 0 fully saturated rings. The van der Waals surface area contributed by atoms with Gasteiger partial charge in [0.05, 0.1) is 12.3 Å². The van der Waals surface area contributed by atoms with Crippen LogP contribution in [0.2, 0.25) is 0 Å². The van der Waals surface area contributed by atoms with E-state index >= 15 is 0 Å². The first kappa shape index (κ1) is 11.9. The first-order chi connectivity index (χ1) is 7.13. The molecule has 0 radical (unpaired) electrons. The second-order valence-electron chi connectivity index (χ2n) is 4.15. The molecule has 0 aliphatic rings. The van der Waals surface area contributed by atoms with Gasteiger partial charge in [0.2, 0.25) is 0 Å². The van der Waals surface area contributed by atoms with Crippen LogP contribution >= 0.6 is 0 Å². The predicted molar refractivity (Wildman–Crippen MR) is 65.7 cm³/mol. The van der Waals surface area contributed by atoms with Crippen LogP contribution in [0.4, 0.5) is 5.69 Å². The first-order valence-electron chi connectivity index (χ1n) is 5.63. The fourth-order valence-corrected chi connectivity index (χ4v) is 1.39. The molecule has 0 atom stereocenters. The van der Waals surface area contributed by atoms with Crippen LogP contribution in [-0.2, 0) is 0 Å². The van der Waals surface area contributed by atoms with Crippen molar-refractivity contribution in [3.63, 3.8) is 0 Å². The van der Waals surface area contributed by atoms with Crippen LogP contribution in [0, 0.1) is 6.92 Å². The number of hydrogen-bond acceptors (Lipinski definition) is 2. The Morgan fingerprint density at radius 3 is 2.67 bits per heavy atom. The van der Waals surface area contributed by atoms with Gasteiger partial charge in [0, 0.05) is 6.04 Å². The molecule has 0 aromatic heterocycles. The van der Waals surface area contributed by atoms with E-state index in [1.807, 2.05) is 0 Å². The number of aryl methyl sites for hydroxylation is 1. The molecule has 15 heavy (non-hydrogen) atoms. The Morgan fingerprint density at radius 2 is 2.07 bits per heavy atom. The van der Waals surface area contributed by atoms with Crippen molar-refractivity contribution >= 4 is 5.69 Å². The van der Waals surface area contributed by atoms with Gasteiger partial charge in [0.15, 0.2) is 0 Å². The van der Waals surface area contributed by atoms with Crippen molar-refractivity contribution in [1.29, 1.82) is 0 Å². The van der Waals surface area contributed by atoms with E-state index in [1.165, 1.54) is 5.56 Å². The molecule has 1 N–H and O–H groups in total. The van der Waals surface area contributed by atoms with Crippen LogP contribution in [0.1, 0.15) is 32.8 Å². The molecule has 84 valence electrons. The third kappa shape index (κ3) is 3.82. The van der Waals surface area contributed by atoms with Gasteiger partial charge in [-0.05, 0) is 44.9 Å². The first-order valence-corrected chi connectivity index (χ1v) is 5.63. The molecule has 0 bridgehead atoms. The maximum Gasteiger partial charge on any atom is 0.142 e. The van der Waals surface area contributed by atoms with Crippen LogP contribution in [0.3, 0.4) is 0 Å². The molecule has 0 aliphatic carbocycles. The maximum atomic E-state index is 5.71. The van der Waals surface area contributed by atoms with Gasteiger partial charge < -0.3 is 10.1 Å². The molecule has 0 heterocycles. The SMILES string of the molecule is CCCOc1cc(C)ccc1NC(C)C. The number of ether oxygens (including phenoxy) is 1. The highest BCUT2D eigenvalue weighted by Gasteiger charge is 2.04. The Kier molecular flexibility index (Phi) is 4.47. The Labute approximate surface area is 92.6 Å². The zero-order chi connectivity index (χ0) is 11.3. The Hall–Kier alpha value is -1.18. The van der Waals surface area contributed by atoms with E-state index in [0.717, 1.165) is 24.5 Å². The highest BCUT2D eigenvalue weighted by atomic mass is 16.5. The minimum atomic E-state index is 0.427. The number of rotatable bonds is 5. The summed E-state index contributed by atoms with van der Waals surface area (Å²) in [7, 11) is 0. The highest BCUT2D eigenvalue weighted by molar-refractivity contribution is 5.58. The summed E-state index contributed by atoms with van der Waals surface area (Å²) in [5.74, 6) is 0.963. The topological polar surface area (TPSA) is 21.3 Å². The molecule has 0 saturated heterocycles. The minimum Gasteiger partial charge on any atom is -0.491 e. The van der Waals surface area contributed by atoms with Crippen molar-refractivity contribution in [3.05, 3.63) is 23.8 Å². The van der Waals surface area contributed by atoms with Gasteiger partial charge in [0.25, 0.3) is 0 Å². The molecule has 2 heteroatoms. The third-order valence-electron chi connectivity index (χ3n) is 2.04. The zero-order valence-corrected chi connectivity index (χ0v) is 10.1. The van der Waals surface area contributed by atoms with Crippen molar-refractivity contribution in [1.82, 2.24) is 0 Å². The summed E-state index contributed by atoms with van der Waals surface area (Å²) in [5, 5.41) is 3.38. The molecular weight excluding hydrogens is 186 g/mol. The lowest BCUT2D eigenvalue weighted by Gasteiger charge is -2.15. The summed E-state index contributed by atoms with van der Waals surface area (Å²) in [4.78, 5) is 0. The monoisotopic (exact) mass is 207 g/mol. The molecule has 1 aromatic rings. The molecule has 0 unspecified atom stereocenters. The highest BCUT2D eigenvalue weighted by Crippen LogP contribution is 2.26. The molecule has 0 saturated carbocycles. The third-order valence-corrected chi connectivity index (χ3v) is 2.04. The minimum absolute atomic E-state index is 0.427. The molecular formula is C13H21NO. The van der Waals surface area contributed by atoms with E-state index in [9.17, 15) is 0 Å². The van der Waals surface area contributed by atoms with Crippen LogP contribution in [0.15, 0.2) is 18.2 Å². The summed E-state index contributed by atoms with van der Waals surface area (Å²) in [6, 6.07) is 6.70. The van der Waals surface area contributed by atoms with E-state index in [2.05, 4.69) is 51.2 Å². The summed E-state index contributed by atoms with van der Waals surface area (Å²) in [6.07, 6.45) is 1.04. The van der Waals surface area contributed by atoms with Crippen molar-refractivity contribution in [2.45, 2.75) is 40.2 Å². The fourth-order valence-electron chi connectivity index (χ4n) is 1.39. The second-order valence-corrected chi connectivity index (χ2v) is 4.15. The fraction of sp³-hybridized carbons (Fsp3) is 0.538. The molecule has 1 rings (SSSR count). The second kappa shape index (κ2) is 5.64. The standard InChI is InChI=1S/C13H21NO/c1-5-8-15-13-9-11(4)6-7-12(13)14-10(2)3/h6-7,9-10,14H,5,8H2,1-4H3. The predicted octanol–water partition coefficient (Wildman–Crippen LogP) is 3.60. The lowest BCUT2D eigenvalue weighted by atomic mass is 10.2. The lowest BCUT2D eigenvalue weighted by Crippen LogP contribution is -2.11. The van der Waals surface area contributed by atoms with Crippen LogP contribution in [-0.4, -0.2) is 12.6 Å². The molecule has 1 aromatic carbocycles. The van der Waals surface area contributed by atoms with Crippen molar-refractivity contribution in [2.75, 3.05) is 11.9 Å².